The van der Waals surface area contributed by atoms with Crippen molar-refractivity contribution in [2.45, 2.75) is 13.5 Å². The summed E-state index contributed by atoms with van der Waals surface area (Å²) in [6.07, 6.45) is 1.43. The second-order valence-corrected chi connectivity index (χ2v) is 7.70. The number of nitrogens with zero attached hydrogens (tertiary/aromatic N) is 1. The van der Waals surface area contributed by atoms with Crippen molar-refractivity contribution >= 4 is 33.6 Å². The largest absolute Gasteiger partial charge is 0.508 e. The number of carbonyl (C=O) groups is 1. The number of anilines is 1. The number of hydrogen-bond donors (Lipinski definition) is 2. The average Bonchev–Trinajstić information content (AvgIpc) is 2.79. The van der Waals surface area contributed by atoms with Gasteiger partial charge in [0.1, 0.15) is 29.8 Å². The molecule has 6 nitrogen and oxygen atoms in total. The predicted octanol–water partition coefficient (Wildman–Crippen LogP) is 5.82. The van der Waals surface area contributed by atoms with E-state index in [0.29, 0.717) is 39.4 Å². The van der Waals surface area contributed by atoms with Crippen molar-refractivity contribution in [1.82, 2.24) is 0 Å². The lowest BCUT2D eigenvalue weighted by Crippen LogP contribution is -2.13. The number of nitrogens with one attached hydrogen (secondary N) is 1. The molecule has 0 radical (unpaired) electrons. The number of amides is 1. The van der Waals surface area contributed by atoms with Gasteiger partial charge in [-0.2, -0.15) is 5.26 Å². The zero-order valence-electron chi connectivity index (χ0n) is 17.6. The van der Waals surface area contributed by atoms with Gasteiger partial charge in [0.25, 0.3) is 5.91 Å². The molecule has 3 rings (SSSR count). The fourth-order valence-corrected chi connectivity index (χ4v) is 3.31. The van der Waals surface area contributed by atoms with Crippen LogP contribution < -0.4 is 14.8 Å². The Bertz CT molecular complexity index is 1220. The van der Waals surface area contributed by atoms with Crippen LogP contribution in [-0.2, 0) is 11.4 Å². The Kier molecular flexibility index (Phi) is 8.06. The van der Waals surface area contributed by atoms with Crippen LogP contribution in [0.3, 0.4) is 0 Å². The molecule has 0 bridgehead atoms. The predicted molar refractivity (Wildman–Crippen MR) is 126 cm³/mol. The number of halogens is 2. The Morgan fingerprint density at radius 3 is 2.55 bits per heavy atom. The van der Waals surface area contributed by atoms with Gasteiger partial charge >= 0.3 is 0 Å². The molecular weight excluding hydrogens is 491 g/mol. The van der Waals surface area contributed by atoms with Gasteiger partial charge in [-0.05, 0) is 72.7 Å². The minimum atomic E-state index is -0.598. The molecule has 1 amide bonds. The van der Waals surface area contributed by atoms with Crippen LogP contribution in [0, 0.1) is 17.1 Å². The topological polar surface area (TPSA) is 91.6 Å². The van der Waals surface area contributed by atoms with E-state index in [1.165, 1.54) is 42.5 Å². The molecule has 0 aromatic heterocycles. The zero-order chi connectivity index (χ0) is 23.8. The van der Waals surface area contributed by atoms with Crippen molar-refractivity contribution in [3.63, 3.8) is 0 Å². The summed E-state index contributed by atoms with van der Waals surface area (Å²) < 4.78 is 25.5. The molecule has 0 aliphatic carbocycles. The Hall–Kier alpha value is -3.83. The highest BCUT2D eigenvalue weighted by Gasteiger charge is 2.14. The molecule has 0 aliphatic heterocycles. The van der Waals surface area contributed by atoms with Gasteiger partial charge < -0.3 is 19.9 Å². The zero-order valence-corrected chi connectivity index (χ0v) is 19.2. The second-order valence-electron chi connectivity index (χ2n) is 6.84. The molecule has 0 spiro atoms. The number of rotatable bonds is 8. The number of ether oxygens (including phenoxy) is 2. The Balaban J connectivity index is 1.84. The van der Waals surface area contributed by atoms with E-state index in [1.807, 2.05) is 13.0 Å². The standard InChI is InChI=1S/C25H20BrFN2O4/c1-2-32-23-12-17(11-18(14-28)25(31)29-20-6-8-21(30)9-7-20)22(26)13-24(23)33-15-16-4-3-5-19(27)10-16/h3-13,30H,2,15H2,1H3,(H,29,31)/b18-11+. The van der Waals surface area contributed by atoms with Gasteiger partial charge in [-0.3, -0.25) is 4.79 Å². The van der Waals surface area contributed by atoms with Crippen LogP contribution in [0.5, 0.6) is 17.2 Å². The van der Waals surface area contributed by atoms with E-state index in [-0.39, 0.29) is 23.7 Å². The maximum Gasteiger partial charge on any atom is 0.266 e. The van der Waals surface area contributed by atoms with Gasteiger partial charge in [0.15, 0.2) is 11.5 Å². The summed E-state index contributed by atoms with van der Waals surface area (Å²) in [5.74, 6) is -0.0372. The number of phenols is 1. The molecule has 168 valence electrons. The molecule has 3 aromatic carbocycles. The smallest absolute Gasteiger partial charge is 0.266 e. The molecule has 8 heteroatoms. The molecule has 2 N–H and O–H groups in total. The number of hydrogen-bond acceptors (Lipinski definition) is 5. The highest BCUT2D eigenvalue weighted by molar-refractivity contribution is 9.10. The van der Waals surface area contributed by atoms with E-state index in [9.17, 15) is 19.6 Å². The normalized spacial score (nSPS) is 10.9. The Morgan fingerprint density at radius 1 is 1.15 bits per heavy atom. The summed E-state index contributed by atoms with van der Waals surface area (Å²) in [6.45, 7) is 2.32. The molecule has 3 aromatic rings. The summed E-state index contributed by atoms with van der Waals surface area (Å²) in [6, 6.07) is 17.2. The maximum absolute atomic E-state index is 13.4. The van der Waals surface area contributed by atoms with Gasteiger partial charge in [-0.15, -0.1) is 0 Å². The first-order valence-corrected chi connectivity index (χ1v) is 10.7. The highest BCUT2D eigenvalue weighted by Crippen LogP contribution is 2.35. The van der Waals surface area contributed by atoms with Gasteiger partial charge in [-0.1, -0.05) is 28.1 Å². The van der Waals surface area contributed by atoms with Crippen molar-refractivity contribution in [1.29, 1.82) is 5.26 Å². The first-order chi connectivity index (χ1) is 15.9. The van der Waals surface area contributed by atoms with Crippen LogP contribution in [0.25, 0.3) is 6.08 Å². The molecule has 0 fully saturated rings. The molecular formula is C25H20BrFN2O4. The minimum Gasteiger partial charge on any atom is -0.508 e. The second kappa shape index (κ2) is 11.2. The van der Waals surface area contributed by atoms with Crippen LogP contribution in [0.1, 0.15) is 18.1 Å². The summed E-state index contributed by atoms with van der Waals surface area (Å²) in [4.78, 5) is 12.5. The number of aromatic hydroxyl groups is 1. The molecule has 0 heterocycles. The van der Waals surface area contributed by atoms with E-state index in [1.54, 1.807) is 24.3 Å². The first-order valence-electron chi connectivity index (χ1n) is 9.95. The van der Waals surface area contributed by atoms with Gasteiger partial charge in [0.05, 0.1) is 6.61 Å². The van der Waals surface area contributed by atoms with Crippen molar-refractivity contribution in [2.75, 3.05) is 11.9 Å². The van der Waals surface area contributed by atoms with E-state index < -0.39 is 5.91 Å². The van der Waals surface area contributed by atoms with Gasteiger partial charge in [-0.25, -0.2) is 4.39 Å². The summed E-state index contributed by atoms with van der Waals surface area (Å²) in [5, 5.41) is 21.5. The fraction of sp³-hybridized carbons (Fsp3) is 0.120. The molecule has 0 atom stereocenters. The number of carbonyl (C=O) groups excluding carboxylic acids is 1. The molecule has 0 unspecified atom stereocenters. The average molecular weight is 511 g/mol. The van der Waals surface area contributed by atoms with Crippen LogP contribution in [0.2, 0.25) is 0 Å². The van der Waals surface area contributed by atoms with E-state index in [2.05, 4.69) is 21.2 Å². The molecule has 0 aliphatic rings. The lowest BCUT2D eigenvalue weighted by molar-refractivity contribution is -0.112. The number of phenolic OH excluding ortho intramolecular Hbond substituents is 1. The third-order valence-electron chi connectivity index (χ3n) is 4.44. The monoisotopic (exact) mass is 510 g/mol. The van der Waals surface area contributed by atoms with E-state index in [4.69, 9.17) is 9.47 Å². The lowest BCUT2D eigenvalue weighted by atomic mass is 10.1. The third kappa shape index (κ3) is 6.57. The minimum absolute atomic E-state index is 0.0659. The van der Waals surface area contributed by atoms with Crippen molar-refractivity contribution < 1.29 is 23.8 Å². The third-order valence-corrected chi connectivity index (χ3v) is 5.12. The quantitative estimate of drug-likeness (QED) is 0.226. The van der Waals surface area contributed by atoms with Crippen molar-refractivity contribution in [3.05, 3.63) is 87.7 Å². The fourth-order valence-electron chi connectivity index (χ4n) is 2.88. The van der Waals surface area contributed by atoms with Crippen molar-refractivity contribution in [2.24, 2.45) is 0 Å². The van der Waals surface area contributed by atoms with E-state index >= 15 is 0 Å². The lowest BCUT2D eigenvalue weighted by Gasteiger charge is -2.14. The summed E-state index contributed by atoms with van der Waals surface area (Å²) in [5.41, 5.74) is 1.51. The Labute approximate surface area is 199 Å². The summed E-state index contributed by atoms with van der Waals surface area (Å²) in [7, 11) is 0. The van der Waals surface area contributed by atoms with Gasteiger partial charge in [0, 0.05) is 10.2 Å². The number of benzene rings is 3. The van der Waals surface area contributed by atoms with Crippen molar-refractivity contribution in [3.8, 4) is 23.3 Å². The number of nitriles is 1. The molecule has 33 heavy (non-hydrogen) atoms. The Morgan fingerprint density at radius 2 is 1.88 bits per heavy atom. The van der Waals surface area contributed by atoms with Crippen LogP contribution in [-0.4, -0.2) is 17.6 Å². The molecule has 0 saturated carbocycles. The first kappa shape index (κ1) is 23.8. The summed E-state index contributed by atoms with van der Waals surface area (Å²) >= 11 is 3.44. The van der Waals surface area contributed by atoms with E-state index in [0.717, 1.165) is 0 Å². The van der Waals surface area contributed by atoms with Crippen LogP contribution in [0.15, 0.2) is 70.7 Å². The SMILES string of the molecule is CCOc1cc(/C=C(\C#N)C(=O)Nc2ccc(O)cc2)c(Br)cc1OCc1cccc(F)c1. The maximum atomic E-state index is 13.4. The molecule has 0 saturated heterocycles. The van der Waals surface area contributed by atoms with Crippen LogP contribution in [0.4, 0.5) is 10.1 Å². The van der Waals surface area contributed by atoms with Gasteiger partial charge in [0.2, 0.25) is 0 Å². The van der Waals surface area contributed by atoms with Crippen LogP contribution >= 0.6 is 15.9 Å². The highest BCUT2D eigenvalue weighted by atomic mass is 79.9.